The van der Waals surface area contributed by atoms with Gasteiger partial charge in [-0.3, -0.25) is 9.78 Å². The van der Waals surface area contributed by atoms with E-state index in [1.165, 1.54) is 6.20 Å². The average Bonchev–Trinajstić information content (AvgIpc) is 2.69. The maximum Gasteiger partial charge on any atom is 0.341 e. The number of rotatable bonds is 3. The Morgan fingerprint density at radius 1 is 0.963 bits per heavy atom. The molecule has 0 aliphatic carbocycles. The first-order chi connectivity index (χ1) is 13.0. The van der Waals surface area contributed by atoms with Gasteiger partial charge in [-0.15, -0.1) is 0 Å². The normalized spacial score (nSPS) is 10.9. The van der Waals surface area contributed by atoms with E-state index in [1.54, 1.807) is 23.0 Å². The molecule has 2 aromatic carbocycles. The van der Waals surface area contributed by atoms with Crippen LogP contribution in [0.1, 0.15) is 15.9 Å². The summed E-state index contributed by atoms with van der Waals surface area (Å²) in [7, 11) is 0. The number of carboxylic acid groups (broad SMARTS) is 1. The lowest BCUT2D eigenvalue weighted by Gasteiger charge is -2.14. The van der Waals surface area contributed by atoms with Crippen molar-refractivity contribution in [3.05, 3.63) is 94.5 Å². The van der Waals surface area contributed by atoms with E-state index >= 15 is 0 Å². The molecule has 1 N–H and O–H groups in total. The molecule has 0 aliphatic heterocycles. The van der Waals surface area contributed by atoms with E-state index in [0.717, 1.165) is 22.4 Å². The first kappa shape index (κ1) is 16.7. The minimum atomic E-state index is -1.24. The van der Waals surface area contributed by atoms with E-state index in [9.17, 15) is 14.7 Å². The van der Waals surface area contributed by atoms with Gasteiger partial charge in [0.15, 0.2) is 0 Å². The van der Waals surface area contributed by atoms with Crippen molar-refractivity contribution in [2.75, 3.05) is 0 Å². The van der Waals surface area contributed by atoms with Crippen molar-refractivity contribution < 1.29 is 9.90 Å². The van der Waals surface area contributed by atoms with E-state index in [0.29, 0.717) is 10.9 Å². The van der Waals surface area contributed by atoms with Crippen molar-refractivity contribution in [2.24, 2.45) is 0 Å². The molecule has 2 heterocycles. The third kappa shape index (κ3) is 3.00. The molecule has 0 unspecified atom stereocenters. The van der Waals surface area contributed by atoms with Gasteiger partial charge in [-0.25, -0.2) is 4.79 Å². The summed E-state index contributed by atoms with van der Waals surface area (Å²) in [4.78, 5) is 28.3. The van der Waals surface area contributed by atoms with Crippen molar-refractivity contribution in [2.45, 2.75) is 6.92 Å². The summed E-state index contributed by atoms with van der Waals surface area (Å²) in [6.07, 6.45) is 4.81. The smallest absolute Gasteiger partial charge is 0.341 e. The Bertz CT molecular complexity index is 1210. The first-order valence-corrected chi connectivity index (χ1v) is 8.45. The van der Waals surface area contributed by atoms with Gasteiger partial charge in [0.05, 0.1) is 5.52 Å². The number of aromatic nitrogens is 2. The fourth-order valence-electron chi connectivity index (χ4n) is 3.12. The Morgan fingerprint density at radius 2 is 1.67 bits per heavy atom. The van der Waals surface area contributed by atoms with Gasteiger partial charge in [0.1, 0.15) is 5.56 Å². The van der Waals surface area contributed by atoms with Crippen LogP contribution in [-0.2, 0) is 0 Å². The van der Waals surface area contributed by atoms with Crippen LogP contribution in [0.4, 0.5) is 0 Å². The van der Waals surface area contributed by atoms with Gasteiger partial charge in [0, 0.05) is 29.7 Å². The van der Waals surface area contributed by atoms with Crippen molar-refractivity contribution in [3.63, 3.8) is 0 Å². The van der Waals surface area contributed by atoms with E-state index in [4.69, 9.17) is 0 Å². The zero-order valence-electron chi connectivity index (χ0n) is 14.6. The molecule has 0 saturated carbocycles. The first-order valence-electron chi connectivity index (χ1n) is 8.45. The molecule has 5 nitrogen and oxygen atoms in total. The minimum absolute atomic E-state index is 0.250. The number of pyridine rings is 2. The fourth-order valence-corrected chi connectivity index (χ4v) is 3.12. The topological polar surface area (TPSA) is 72.2 Å². The van der Waals surface area contributed by atoms with E-state index in [-0.39, 0.29) is 5.56 Å². The molecule has 0 fully saturated rings. The molecule has 0 aliphatic rings. The Kier molecular flexibility index (Phi) is 4.05. The van der Waals surface area contributed by atoms with Crippen LogP contribution in [0, 0.1) is 6.92 Å². The molecule has 4 aromatic rings. The van der Waals surface area contributed by atoms with Crippen molar-refractivity contribution in [1.29, 1.82) is 0 Å². The number of benzene rings is 2. The average molecular weight is 356 g/mol. The lowest BCUT2D eigenvalue weighted by atomic mass is 10.0. The molecule has 132 valence electrons. The quantitative estimate of drug-likeness (QED) is 0.601. The maximum atomic E-state index is 12.7. The van der Waals surface area contributed by atoms with Gasteiger partial charge in [0.25, 0.3) is 0 Å². The van der Waals surface area contributed by atoms with Gasteiger partial charge in [0.2, 0.25) is 5.43 Å². The lowest BCUT2D eigenvalue weighted by molar-refractivity contribution is 0.0695. The van der Waals surface area contributed by atoms with Gasteiger partial charge in [-0.05, 0) is 54.4 Å². The minimum Gasteiger partial charge on any atom is -0.477 e. The number of carbonyl (C=O) groups is 1. The van der Waals surface area contributed by atoms with Crippen LogP contribution in [0.15, 0.2) is 78.0 Å². The van der Waals surface area contributed by atoms with Crippen LogP contribution in [-0.4, -0.2) is 20.6 Å². The molecule has 27 heavy (non-hydrogen) atoms. The zero-order valence-corrected chi connectivity index (χ0v) is 14.6. The molecular weight excluding hydrogens is 340 g/mol. The third-order valence-electron chi connectivity index (χ3n) is 4.56. The van der Waals surface area contributed by atoms with Gasteiger partial charge < -0.3 is 9.67 Å². The largest absolute Gasteiger partial charge is 0.477 e. The van der Waals surface area contributed by atoms with Crippen LogP contribution in [0.25, 0.3) is 27.7 Å². The second-order valence-electron chi connectivity index (χ2n) is 6.35. The predicted molar refractivity (Wildman–Crippen MR) is 104 cm³/mol. The highest BCUT2D eigenvalue weighted by atomic mass is 16.4. The third-order valence-corrected chi connectivity index (χ3v) is 4.56. The maximum absolute atomic E-state index is 12.7. The summed E-state index contributed by atoms with van der Waals surface area (Å²) in [6.45, 7) is 1.98. The number of aryl methyl sites for hydroxylation is 1. The highest BCUT2D eigenvalue weighted by Crippen LogP contribution is 2.25. The summed E-state index contributed by atoms with van der Waals surface area (Å²) < 4.78 is 1.75. The molecule has 0 radical (unpaired) electrons. The number of hydrogen-bond donors (Lipinski definition) is 1. The highest BCUT2D eigenvalue weighted by Gasteiger charge is 2.16. The molecule has 5 heteroatoms. The van der Waals surface area contributed by atoms with E-state index in [1.807, 2.05) is 55.5 Å². The standard InChI is InChI=1S/C22H16N2O3/c1-14-2-5-17(6-3-14)24-13-19(22(26)27)21(25)18-7-4-16(12-20(18)24)15-8-10-23-11-9-15/h2-13H,1H3,(H,26,27). The molecule has 2 aromatic heterocycles. The summed E-state index contributed by atoms with van der Waals surface area (Å²) in [5, 5.41) is 9.82. The number of aromatic carboxylic acids is 1. The summed E-state index contributed by atoms with van der Waals surface area (Å²) in [6, 6.07) is 16.9. The fraction of sp³-hybridized carbons (Fsp3) is 0.0455. The van der Waals surface area contributed by atoms with Crippen molar-refractivity contribution >= 4 is 16.9 Å². The van der Waals surface area contributed by atoms with E-state index in [2.05, 4.69) is 4.98 Å². The molecule has 0 saturated heterocycles. The number of carboxylic acids is 1. The molecule has 0 bridgehead atoms. The second kappa shape index (κ2) is 6.53. The Hall–Kier alpha value is -3.73. The van der Waals surface area contributed by atoms with Crippen LogP contribution in [0.2, 0.25) is 0 Å². The number of fused-ring (bicyclic) bond motifs is 1. The van der Waals surface area contributed by atoms with Crippen LogP contribution < -0.4 is 5.43 Å². The molecule has 0 spiro atoms. The van der Waals surface area contributed by atoms with Crippen LogP contribution in [0.5, 0.6) is 0 Å². The van der Waals surface area contributed by atoms with Gasteiger partial charge in [-0.2, -0.15) is 0 Å². The van der Waals surface area contributed by atoms with Crippen LogP contribution in [0.3, 0.4) is 0 Å². The van der Waals surface area contributed by atoms with Crippen molar-refractivity contribution in [3.8, 4) is 16.8 Å². The molecule has 4 rings (SSSR count). The number of nitrogens with zero attached hydrogens (tertiary/aromatic N) is 2. The summed E-state index contributed by atoms with van der Waals surface area (Å²) >= 11 is 0. The Morgan fingerprint density at radius 3 is 2.33 bits per heavy atom. The molecule has 0 atom stereocenters. The van der Waals surface area contributed by atoms with Crippen LogP contribution >= 0.6 is 0 Å². The monoisotopic (exact) mass is 356 g/mol. The van der Waals surface area contributed by atoms with Crippen molar-refractivity contribution in [1.82, 2.24) is 9.55 Å². The van der Waals surface area contributed by atoms with Gasteiger partial charge >= 0.3 is 5.97 Å². The summed E-state index contributed by atoms with van der Waals surface area (Å²) in [5.74, 6) is -1.24. The Labute approximate surface area is 155 Å². The van der Waals surface area contributed by atoms with Gasteiger partial charge in [-0.1, -0.05) is 23.8 Å². The molecular formula is C22H16N2O3. The Balaban J connectivity index is 2.06. The zero-order chi connectivity index (χ0) is 19.0. The van der Waals surface area contributed by atoms with E-state index < -0.39 is 11.4 Å². The second-order valence-corrected chi connectivity index (χ2v) is 6.35. The summed E-state index contributed by atoms with van der Waals surface area (Å²) in [5.41, 5.74) is 3.70. The lowest BCUT2D eigenvalue weighted by Crippen LogP contribution is -2.18. The SMILES string of the molecule is Cc1ccc(-n2cc(C(=O)O)c(=O)c3ccc(-c4ccncc4)cc32)cc1. The highest BCUT2D eigenvalue weighted by molar-refractivity contribution is 5.94. The molecule has 0 amide bonds. The predicted octanol–water partition coefficient (Wildman–Crippen LogP) is 4.06. The number of hydrogen-bond acceptors (Lipinski definition) is 3.